The Morgan fingerprint density at radius 3 is 2.28 bits per heavy atom. The molecule has 0 saturated carbocycles. The molecular formula is C23H23ClFNO5S. The number of anilines is 1. The Hall–Kier alpha value is -2.97. The second-order valence-corrected chi connectivity index (χ2v) is 9.09. The maximum Gasteiger partial charge on any atom is 0.267 e. The Morgan fingerprint density at radius 2 is 1.62 bits per heavy atom. The molecule has 3 aromatic rings. The van der Waals surface area contributed by atoms with E-state index in [0.717, 1.165) is 16.4 Å². The lowest BCUT2D eigenvalue weighted by atomic mass is 10.1. The molecule has 0 aromatic heterocycles. The molecule has 0 aliphatic carbocycles. The van der Waals surface area contributed by atoms with Crippen LogP contribution in [0.25, 0.3) is 0 Å². The molecule has 0 fully saturated rings. The molecule has 0 saturated heterocycles. The van der Waals surface area contributed by atoms with Crippen molar-refractivity contribution in [2.45, 2.75) is 17.9 Å². The van der Waals surface area contributed by atoms with Crippen LogP contribution in [0.15, 0.2) is 65.6 Å². The van der Waals surface area contributed by atoms with Gasteiger partial charge in [-0.05, 0) is 55.0 Å². The van der Waals surface area contributed by atoms with Gasteiger partial charge >= 0.3 is 0 Å². The first-order chi connectivity index (χ1) is 15.2. The number of benzene rings is 3. The second-order valence-electron chi connectivity index (χ2n) is 6.87. The van der Waals surface area contributed by atoms with Crippen LogP contribution in [0.3, 0.4) is 0 Å². The van der Waals surface area contributed by atoms with Gasteiger partial charge in [0.1, 0.15) is 16.5 Å². The largest absolute Gasteiger partial charge is 0.497 e. The van der Waals surface area contributed by atoms with E-state index < -0.39 is 26.8 Å². The molecule has 0 N–H and O–H groups in total. The summed E-state index contributed by atoms with van der Waals surface area (Å²) in [6, 6.07) is 14.3. The molecule has 0 heterocycles. The molecule has 0 bridgehead atoms. The molecule has 9 heteroatoms. The summed E-state index contributed by atoms with van der Waals surface area (Å²) in [4.78, 5) is -0.528. The standard InChI is InChI=1S/C23H23ClFNO5S/c1-15(16-8-11-21(30-3)22(12-16)31-4)26(18-6-5-7-19(14-18)29-2)32(27,28)23-13-17(24)9-10-20(23)25/h5-15H,1-4H3. The van der Waals surface area contributed by atoms with Crippen molar-refractivity contribution in [2.24, 2.45) is 0 Å². The predicted molar refractivity (Wildman–Crippen MR) is 122 cm³/mol. The zero-order valence-electron chi connectivity index (χ0n) is 18.0. The van der Waals surface area contributed by atoms with Crippen LogP contribution < -0.4 is 18.5 Å². The van der Waals surface area contributed by atoms with Crippen LogP contribution >= 0.6 is 11.6 Å². The minimum absolute atomic E-state index is 0.106. The van der Waals surface area contributed by atoms with Gasteiger partial charge in [0.05, 0.1) is 33.1 Å². The Bertz CT molecular complexity index is 1220. The Morgan fingerprint density at radius 1 is 0.906 bits per heavy atom. The zero-order valence-corrected chi connectivity index (χ0v) is 19.6. The Balaban J connectivity index is 2.22. The first-order valence-electron chi connectivity index (χ1n) is 9.58. The van der Waals surface area contributed by atoms with E-state index in [-0.39, 0.29) is 5.02 Å². The van der Waals surface area contributed by atoms with E-state index in [0.29, 0.717) is 28.5 Å². The SMILES string of the molecule is COc1cccc(N(C(C)c2ccc(OC)c(OC)c2)S(=O)(=O)c2cc(Cl)ccc2F)c1. The van der Waals surface area contributed by atoms with Crippen LogP contribution in [-0.2, 0) is 10.0 Å². The molecule has 170 valence electrons. The molecule has 0 aliphatic rings. The van der Waals surface area contributed by atoms with E-state index in [2.05, 4.69) is 0 Å². The van der Waals surface area contributed by atoms with Crippen molar-refractivity contribution in [3.05, 3.63) is 77.1 Å². The van der Waals surface area contributed by atoms with E-state index in [1.165, 1.54) is 27.4 Å². The lowest BCUT2D eigenvalue weighted by Crippen LogP contribution is -2.34. The fourth-order valence-corrected chi connectivity index (χ4v) is 5.32. The lowest BCUT2D eigenvalue weighted by Gasteiger charge is -2.31. The van der Waals surface area contributed by atoms with Crippen LogP contribution in [0.1, 0.15) is 18.5 Å². The molecule has 0 amide bonds. The van der Waals surface area contributed by atoms with Gasteiger partial charge in [-0.2, -0.15) is 0 Å². The van der Waals surface area contributed by atoms with Gasteiger partial charge in [0.25, 0.3) is 10.0 Å². The molecular weight excluding hydrogens is 457 g/mol. The summed E-state index contributed by atoms with van der Waals surface area (Å²) in [5.74, 6) is 0.490. The van der Waals surface area contributed by atoms with Crippen molar-refractivity contribution in [3.63, 3.8) is 0 Å². The maximum atomic E-state index is 14.6. The van der Waals surface area contributed by atoms with E-state index in [1.807, 2.05) is 0 Å². The van der Waals surface area contributed by atoms with Crippen LogP contribution in [-0.4, -0.2) is 29.7 Å². The Kier molecular flexibility index (Phi) is 7.16. The van der Waals surface area contributed by atoms with Gasteiger partial charge in [-0.3, -0.25) is 4.31 Å². The predicted octanol–water partition coefficient (Wildman–Crippen LogP) is 5.46. The van der Waals surface area contributed by atoms with Crippen molar-refractivity contribution in [2.75, 3.05) is 25.6 Å². The molecule has 32 heavy (non-hydrogen) atoms. The van der Waals surface area contributed by atoms with E-state index in [9.17, 15) is 12.8 Å². The molecule has 1 unspecified atom stereocenters. The number of hydrogen-bond donors (Lipinski definition) is 0. The summed E-state index contributed by atoms with van der Waals surface area (Å²) in [5.41, 5.74) is 0.905. The van der Waals surface area contributed by atoms with E-state index >= 15 is 0 Å². The number of ether oxygens (including phenoxy) is 3. The van der Waals surface area contributed by atoms with Crippen LogP contribution in [0.2, 0.25) is 5.02 Å². The highest BCUT2D eigenvalue weighted by Gasteiger charge is 2.33. The highest BCUT2D eigenvalue weighted by Crippen LogP contribution is 2.38. The minimum atomic E-state index is -4.37. The number of rotatable bonds is 8. The smallest absolute Gasteiger partial charge is 0.267 e. The summed E-state index contributed by atoms with van der Waals surface area (Å²) in [5, 5.41) is 0.106. The van der Waals surface area contributed by atoms with Gasteiger partial charge in [-0.15, -0.1) is 0 Å². The fraction of sp³-hybridized carbons (Fsp3) is 0.217. The average Bonchev–Trinajstić information content (AvgIpc) is 2.80. The van der Waals surface area contributed by atoms with Crippen molar-refractivity contribution in [1.29, 1.82) is 0 Å². The molecule has 3 rings (SSSR count). The summed E-state index contributed by atoms with van der Waals surface area (Å²) in [6.45, 7) is 1.70. The fourth-order valence-electron chi connectivity index (χ4n) is 3.35. The number of nitrogens with zero attached hydrogens (tertiary/aromatic N) is 1. The van der Waals surface area contributed by atoms with Crippen molar-refractivity contribution in [3.8, 4) is 17.2 Å². The monoisotopic (exact) mass is 479 g/mol. The summed E-state index contributed by atoms with van der Waals surface area (Å²) >= 11 is 5.99. The van der Waals surface area contributed by atoms with Gasteiger partial charge < -0.3 is 14.2 Å². The topological polar surface area (TPSA) is 65.1 Å². The number of sulfonamides is 1. The van der Waals surface area contributed by atoms with Gasteiger partial charge in [0.2, 0.25) is 0 Å². The van der Waals surface area contributed by atoms with Gasteiger partial charge in [-0.25, -0.2) is 12.8 Å². The lowest BCUT2D eigenvalue weighted by molar-refractivity contribution is 0.354. The number of halogens is 2. The quantitative estimate of drug-likeness (QED) is 0.429. The third kappa shape index (κ3) is 4.61. The van der Waals surface area contributed by atoms with Gasteiger partial charge in [-0.1, -0.05) is 23.7 Å². The maximum absolute atomic E-state index is 14.6. The number of methoxy groups -OCH3 is 3. The molecule has 6 nitrogen and oxygen atoms in total. The molecule has 1 atom stereocenters. The van der Waals surface area contributed by atoms with Crippen molar-refractivity contribution >= 4 is 27.3 Å². The first-order valence-corrected chi connectivity index (χ1v) is 11.4. The molecule has 0 spiro atoms. The average molecular weight is 480 g/mol. The van der Waals surface area contributed by atoms with Gasteiger partial charge in [0.15, 0.2) is 11.5 Å². The van der Waals surface area contributed by atoms with Crippen molar-refractivity contribution in [1.82, 2.24) is 0 Å². The summed E-state index contributed by atoms with van der Waals surface area (Å²) in [6.07, 6.45) is 0. The minimum Gasteiger partial charge on any atom is -0.497 e. The van der Waals surface area contributed by atoms with Gasteiger partial charge in [0, 0.05) is 11.1 Å². The third-order valence-corrected chi connectivity index (χ3v) is 7.13. The summed E-state index contributed by atoms with van der Waals surface area (Å²) < 4.78 is 59.1. The molecule has 0 aliphatic heterocycles. The zero-order chi connectivity index (χ0) is 23.5. The summed E-state index contributed by atoms with van der Waals surface area (Å²) in [7, 11) is 0.110. The first kappa shape index (κ1) is 23.7. The molecule has 0 radical (unpaired) electrons. The number of hydrogen-bond acceptors (Lipinski definition) is 5. The Labute approximate surface area is 192 Å². The third-order valence-electron chi connectivity index (χ3n) is 4.98. The van der Waals surface area contributed by atoms with Crippen LogP contribution in [0, 0.1) is 5.82 Å². The van der Waals surface area contributed by atoms with Crippen LogP contribution in [0.4, 0.5) is 10.1 Å². The highest BCUT2D eigenvalue weighted by atomic mass is 35.5. The van der Waals surface area contributed by atoms with E-state index in [4.69, 9.17) is 25.8 Å². The molecule has 3 aromatic carbocycles. The van der Waals surface area contributed by atoms with E-state index in [1.54, 1.807) is 49.4 Å². The normalized spacial score (nSPS) is 12.2. The highest BCUT2D eigenvalue weighted by molar-refractivity contribution is 7.92. The van der Waals surface area contributed by atoms with Crippen LogP contribution in [0.5, 0.6) is 17.2 Å². The van der Waals surface area contributed by atoms with Crippen molar-refractivity contribution < 1.29 is 27.0 Å². The second kappa shape index (κ2) is 9.67.